The van der Waals surface area contributed by atoms with E-state index >= 15 is 0 Å². The molecule has 0 N–H and O–H groups in total. The fourth-order valence-corrected chi connectivity index (χ4v) is 1.91. The number of hydrogen-bond donors (Lipinski definition) is 0. The van der Waals surface area contributed by atoms with Crippen molar-refractivity contribution in [2.75, 3.05) is 0 Å². The number of carbonyl (C=O) groups is 1. The summed E-state index contributed by atoms with van der Waals surface area (Å²) < 4.78 is 0. The Balaban J connectivity index is 1.90. The second-order valence-corrected chi connectivity index (χ2v) is 4.31. The number of unbranched alkanes of at least 4 members (excludes halogenated alkanes) is 6. The van der Waals surface area contributed by atoms with Crippen LogP contribution in [-0.4, -0.2) is 6.29 Å². The van der Waals surface area contributed by atoms with E-state index in [9.17, 15) is 4.79 Å². The van der Waals surface area contributed by atoms with Crippen LogP contribution in [-0.2, 0) is 11.2 Å². The molecule has 1 aromatic rings. The number of benzene rings is 1. The quantitative estimate of drug-likeness (QED) is 0.449. The standard InChI is InChI=1S/C15H22O/c16-14-10-5-3-1-2-4-7-11-15-12-8-6-9-13-15/h6,8-9,12-14H,1-5,7,10-11H2. The molecule has 0 amide bonds. The van der Waals surface area contributed by atoms with Gasteiger partial charge in [0, 0.05) is 6.42 Å². The zero-order valence-electron chi connectivity index (χ0n) is 10.0. The lowest BCUT2D eigenvalue weighted by Gasteiger charge is -2.01. The third-order valence-corrected chi connectivity index (χ3v) is 2.88. The predicted molar refractivity (Wildman–Crippen MR) is 68.5 cm³/mol. The summed E-state index contributed by atoms with van der Waals surface area (Å²) in [5.41, 5.74) is 1.45. The molecule has 0 aliphatic carbocycles. The molecule has 1 aromatic carbocycles. The minimum absolute atomic E-state index is 0.740. The number of hydrogen-bond acceptors (Lipinski definition) is 1. The average Bonchev–Trinajstić information content (AvgIpc) is 2.34. The van der Waals surface area contributed by atoms with Crippen molar-refractivity contribution in [2.24, 2.45) is 0 Å². The van der Waals surface area contributed by atoms with Gasteiger partial charge < -0.3 is 4.79 Å². The summed E-state index contributed by atoms with van der Waals surface area (Å²) in [6.07, 6.45) is 10.4. The van der Waals surface area contributed by atoms with Gasteiger partial charge in [-0.1, -0.05) is 56.0 Å². The van der Waals surface area contributed by atoms with Crippen molar-refractivity contribution in [1.82, 2.24) is 0 Å². The van der Waals surface area contributed by atoms with Gasteiger partial charge in [0.05, 0.1) is 0 Å². The van der Waals surface area contributed by atoms with Gasteiger partial charge in [0.25, 0.3) is 0 Å². The van der Waals surface area contributed by atoms with Gasteiger partial charge >= 0.3 is 0 Å². The van der Waals surface area contributed by atoms with Crippen LogP contribution < -0.4 is 0 Å². The van der Waals surface area contributed by atoms with Crippen molar-refractivity contribution in [3.8, 4) is 0 Å². The van der Waals surface area contributed by atoms with Crippen LogP contribution >= 0.6 is 0 Å². The fourth-order valence-electron chi connectivity index (χ4n) is 1.91. The largest absolute Gasteiger partial charge is 0.303 e. The van der Waals surface area contributed by atoms with Crippen LogP contribution in [0.5, 0.6) is 0 Å². The lowest BCUT2D eigenvalue weighted by molar-refractivity contribution is -0.107. The third kappa shape index (κ3) is 6.39. The number of carbonyl (C=O) groups excluding carboxylic acids is 1. The zero-order chi connectivity index (χ0) is 11.5. The smallest absolute Gasteiger partial charge is 0.119 e. The average molecular weight is 218 g/mol. The molecule has 0 unspecified atom stereocenters. The molecule has 0 heterocycles. The summed E-state index contributed by atoms with van der Waals surface area (Å²) in [4.78, 5) is 10.1. The van der Waals surface area contributed by atoms with E-state index in [1.165, 1.54) is 44.1 Å². The monoisotopic (exact) mass is 218 g/mol. The van der Waals surface area contributed by atoms with Gasteiger partial charge in [0.2, 0.25) is 0 Å². The molecule has 1 rings (SSSR count). The SMILES string of the molecule is O=CCCCCCCCCc1ccccc1. The first kappa shape index (κ1) is 13.0. The predicted octanol–water partition coefficient (Wildman–Crippen LogP) is 4.16. The highest BCUT2D eigenvalue weighted by molar-refractivity contribution is 5.48. The van der Waals surface area contributed by atoms with Crippen LogP contribution in [0.4, 0.5) is 0 Å². The van der Waals surface area contributed by atoms with E-state index in [1.807, 2.05) is 0 Å². The second kappa shape index (κ2) is 9.14. The molecular weight excluding hydrogens is 196 g/mol. The summed E-state index contributed by atoms with van der Waals surface area (Å²) in [6.45, 7) is 0. The Morgan fingerprint density at radius 3 is 2.12 bits per heavy atom. The number of rotatable bonds is 9. The van der Waals surface area contributed by atoms with Gasteiger partial charge in [-0.15, -0.1) is 0 Å². The summed E-state index contributed by atoms with van der Waals surface area (Å²) in [6, 6.07) is 10.7. The van der Waals surface area contributed by atoms with E-state index < -0.39 is 0 Å². The molecule has 0 spiro atoms. The Kier molecular flexibility index (Phi) is 7.40. The van der Waals surface area contributed by atoms with Gasteiger partial charge in [-0.3, -0.25) is 0 Å². The molecule has 16 heavy (non-hydrogen) atoms. The summed E-state index contributed by atoms with van der Waals surface area (Å²) in [5.74, 6) is 0. The molecular formula is C15H22O. The maximum atomic E-state index is 10.1. The van der Waals surface area contributed by atoms with Crippen LogP contribution in [0.3, 0.4) is 0 Å². The van der Waals surface area contributed by atoms with E-state index in [0.717, 1.165) is 19.1 Å². The van der Waals surface area contributed by atoms with E-state index in [4.69, 9.17) is 0 Å². The normalized spacial score (nSPS) is 10.2. The minimum atomic E-state index is 0.740. The lowest BCUT2D eigenvalue weighted by atomic mass is 10.0. The fraction of sp³-hybridized carbons (Fsp3) is 0.533. The molecule has 1 nitrogen and oxygen atoms in total. The van der Waals surface area contributed by atoms with Crippen molar-refractivity contribution in [3.63, 3.8) is 0 Å². The molecule has 0 saturated heterocycles. The molecule has 1 heteroatoms. The summed E-state index contributed by atoms with van der Waals surface area (Å²) >= 11 is 0. The second-order valence-electron chi connectivity index (χ2n) is 4.31. The van der Waals surface area contributed by atoms with Crippen LogP contribution in [0.2, 0.25) is 0 Å². The van der Waals surface area contributed by atoms with E-state index in [0.29, 0.717) is 0 Å². The minimum Gasteiger partial charge on any atom is -0.303 e. The molecule has 0 atom stereocenters. The lowest BCUT2D eigenvalue weighted by Crippen LogP contribution is -1.86. The molecule has 0 saturated carbocycles. The van der Waals surface area contributed by atoms with Gasteiger partial charge in [0.15, 0.2) is 0 Å². The first-order chi connectivity index (χ1) is 7.93. The molecule has 0 fully saturated rings. The highest BCUT2D eigenvalue weighted by Gasteiger charge is 1.93. The molecule has 0 aliphatic heterocycles. The molecule has 0 aliphatic rings. The zero-order valence-corrected chi connectivity index (χ0v) is 10.0. The van der Waals surface area contributed by atoms with Crippen LogP contribution in [0.15, 0.2) is 30.3 Å². The van der Waals surface area contributed by atoms with Crippen molar-refractivity contribution >= 4 is 6.29 Å². The van der Waals surface area contributed by atoms with Gasteiger partial charge in [-0.2, -0.15) is 0 Å². The first-order valence-electron chi connectivity index (χ1n) is 6.41. The highest BCUT2D eigenvalue weighted by Crippen LogP contribution is 2.10. The first-order valence-corrected chi connectivity index (χ1v) is 6.41. The third-order valence-electron chi connectivity index (χ3n) is 2.88. The van der Waals surface area contributed by atoms with Gasteiger partial charge in [0.1, 0.15) is 6.29 Å². The van der Waals surface area contributed by atoms with E-state index in [1.54, 1.807) is 0 Å². The Morgan fingerprint density at radius 1 is 0.812 bits per heavy atom. The highest BCUT2D eigenvalue weighted by atomic mass is 16.1. The molecule has 0 radical (unpaired) electrons. The summed E-state index contributed by atoms with van der Waals surface area (Å²) in [5, 5.41) is 0. The number of aldehydes is 1. The van der Waals surface area contributed by atoms with Crippen molar-refractivity contribution in [2.45, 2.75) is 51.4 Å². The number of aryl methyl sites for hydroxylation is 1. The maximum absolute atomic E-state index is 10.1. The van der Waals surface area contributed by atoms with Crippen LogP contribution in [0.1, 0.15) is 50.5 Å². The summed E-state index contributed by atoms with van der Waals surface area (Å²) in [7, 11) is 0. The Hall–Kier alpha value is -1.11. The van der Waals surface area contributed by atoms with Crippen LogP contribution in [0, 0.1) is 0 Å². The van der Waals surface area contributed by atoms with Crippen LogP contribution in [0.25, 0.3) is 0 Å². The van der Waals surface area contributed by atoms with E-state index in [2.05, 4.69) is 30.3 Å². The maximum Gasteiger partial charge on any atom is 0.119 e. The Morgan fingerprint density at radius 2 is 1.44 bits per heavy atom. The van der Waals surface area contributed by atoms with Crippen molar-refractivity contribution in [3.05, 3.63) is 35.9 Å². The molecule has 0 bridgehead atoms. The molecule has 88 valence electrons. The topological polar surface area (TPSA) is 17.1 Å². The van der Waals surface area contributed by atoms with E-state index in [-0.39, 0.29) is 0 Å². The van der Waals surface area contributed by atoms with Gasteiger partial charge in [-0.05, 0) is 24.8 Å². The van der Waals surface area contributed by atoms with Crippen molar-refractivity contribution < 1.29 is 4.79 Å². The van der Waals surface area contributed by atoms with Gasteiger partial charge in [-0.25, -0.2) is 0 Å². The Labute approximate surface area is 98.9 Å². The molecule has 0 aromatic heterocycles. The Bertz CT molecular complexity index is 266. The van der Waals surface area contributed by atoms with Crippen molar-refractivity contribution in [1.29, 1.82) is 0 Å².